The minimum Gasteiger partial charge on any atom is -0.477 e. The van der Waals surface area contributed by atoms with E-state index in [-0.39, 0.29) is 11.6 Å². The second-order valence-corrected chi connectivity index (χ2v) is 4.35. The lowest BCUT2D eigenvalue weighted by molar-refractivity contribution is -0.121. The number of carboxylic acids is 1. The summed E-state index contributed by atoms with van der Waals surface area (Å²) in [6.45, 7) is 6.13. The number of amides is 1. The van der Waals surface area contributed by atoms with Gasteiger partial charge in [0.15, 0.2) is 0 Å². The first-order valence-corrected chi connectivity index (χ1v) is 5.62. The molecule has 1 amide bonds. The third-order valence-corrected chi connectivity index (χ3v) is 2.43. The van der Waals surface area contributed by atoms with E-state index in [1.165, 1.54) is 18.3 Å². The summed E-state index contributed by atoms with van der Waals surface area (Å²) < 4.78 is 0. The highest BCUT2D eigenvalue weighted by molar-refractivity contribution is 5.97. The van der Waals surface area contributed by atoms with E-state index in [1.54, 1.807) is 13.8 Å². The normalized spacial score (nSPS) is 11.1. The van der Waals surface area contributed by atoms with Crippen LogP contribution in [0.25, 0.3) is 0 Å². The summed E-state index contributed by atoms with van der Waals surface area (Å²) in [6, 6.07) is 2.86. The second-order valence-electron chi connectivity index (χ2n) is 4.35. The molecule has 98 valence electrons. The van der Waals surface area contributed by atoms with Gasteiger partial charge in [-0.15, -0.1) is 0 Å². The number of aromatic carboxylic acids is 1. The molecule has 0 saturated heterocycles. The van der Waals surface area contributed by atoms with E-state index in [2.05, 4.69) is 15.6 Å². The highest BCUT2D eigenvalue weighted by Crippen LogP contribution is 2.10. The van der Waals surface area contributed by atoms with Gasteiger partial charge < -0.3 is 15.7 Å². The highest BCUT2D eigenvalue weighted by atomic mass is 16.4. The first-order chi connectivity index (χ1) is 8.36. The molecular weight excluding hydrogens is 234 g/mol. The van der Waals surface area contributed by atoms with Crippen LogP contribution in [-0.2, 0) is 4.79 Å². The summed E-state index contributed by atoms with van der Waals surface area (Å²) in [5, 5.41) is 14.4. The molecule has 0 bridgehead atoms. The van der Waals surface area contributed by atoms with Gasteiger partial charge in [0.25, 0.3) is 0 Å². The third kappa shape index (κ3) is 3.53. The van der Waals surface area contributed by atoms with Gasteiger partial charge in [0, 0.05) is 0 Å². The molecule has 0 unspecified atom stereocenters. The quantitative estimate of drug-likeness (QED) is 0.729. The number of pyridine rings is 1. The predicted molar refractivity (Wildman–Crippen MR) is 67.6 cm³/mol. The van der Waals surface area contributed by atoms with Crippen molar-refractivity contribution in [3.8, 4) is 0 Å². The molecule has 1 heterocycles. The SMILES string of the molecule is CCNC(C)(C)C(=O)Nc1ccc(C(=O)O)nc1. The van der Waals surface area contributed by atoms with Crippen molar-refractivity contribution < 1.29 is 14.7 Å². The van der Waals surface area contributed by atoms with Crippen LogP contribution in [-0.4, -0.2) is 34.1 Å². The van der Waals surface area contributed by atoms with Crippen molar-refractivity contribution in [3.63, 3.8) is 0 Å². The molecule has 1 aromatic heterocycles. The molecule has 1 rings (SSSR count). The summed E-state index contributed by atoms with van der Waals surface area (Å²) in [5.41, 5.74) is -0.282. The minimum atomic E-state index is -1.10. The lowest BCUT2D eigenvalue weighted by atomic mass is 10.0. The number of hydrogen-bond donors (Lipinski definition) is 3. The molecular formula is C12H17N3O3. The summed E-state index contributed by atoms with van der Waals surface area (Å²) in [6.07, 6.45) is 1.32. The molecule has 0 aromatic carbocycles. The van der Waals surface area contributed by atoms with E-state index in [1.807, 2.05) is 6.92 Å². The maximum absolute atomic E-state index is 11.9. The van der Waals surface area contributed by atoms with Gasteiger partial charge in [0.05, 0.1) is 17.4 Å². The molecule has 0 fully saturated rings. The number of carbonyl (C=O) groups excluding carboxylic acids is 1. The monoisotopic (exact) mass is 251 g/mol. The molecule has 6 heteroatoms. The zero-order valence-corrected chi connectivity index (χ0v) is 10.7. The number of nitrogens with one attached hydrogen (secondary N) is 2. The number of carboxylic acid groups (broad SMARTS) is 1. The van der Waals surface area contributed by atoms with E-state index in [0.717, 1.165) is 0 Å². The Balaban J connectivity index is 2.73. The fourth-order valence-corrected chi connectivity index (χ4v) is 1.40. The molecule has 0 spiro atoms. The van der Waals surface area contributed by atoms with Gasteiger partial charge in [-0.1, -0.05) is 6.92 Å². The average molecular weight is 251 g/mol. The Bertz CT molecular complexity index is 440. The van der Waals surface area contributed by atoms with Crippen LogP contribution >= 0.6 is 0 Å². The number of rotatable bonds is 5. The smallest absolute Gasteiger partial charge is 0.354 e. The van der Waals surface area contributed by atoms with Crippen molar-refractivity contribution in [1.29, 1.82) is 0 Å². The molecule has 6 nitrogen and oxygen atoms in total. The standard InChI is InChI=1S/C12H17N3O3/c1-4-14-12(2,3)11(18)15-8-5-6-9(10(16)17)13-7-8/h5-7,14H,4H2,1-3H3,(H,15,18)(H,16,17). The van der Waals surface area contributed by atoms with Crippen LogP contribution < -0.4 is 10.6 Å². The molecule has 1 aromatic rings. The molecule has 0 radical (unpaired) electrons. The van der Waals surface area contributed by atoms with Gasteiger partial charge in [-0.25, -0.2) is 9.78 Å². The minimum absolute atomic E-state index is 0.0565. The van der Waals surface area contributed by atoms with Gasteiger partial charge in [0.2, 0.25) is 5.91 Å². The number of carbonyl (C=O) groups is 2. The predicted octanol–water partition coefficient (Wildman–Crippen LogP) is 1.11. The number of nitrogens with zero attached hydrogens (tertiary/aromatic N) is 1. The van der Waals surface area contributed by atoms with Crippen molar-refractivity contribution in [3.05, 3.63) is 24.0 Å². The number of likely N-dealkylation sites (N-methyl/N-ethyl adjacent to an activating group) is 1. The van der Waals surface area contributed by atoms with Crippen LogP contribution in [0, 0.1) is 0 Å². The summed E-state index contributed by atoms with van der Waals surface area (Å²) >= 11 is 0. The Labute approximate surface area is 105 Å². The zero-order chi connectivity index (χ0) is 13.8. The molecule has 0 aliphatic heterocycles. The highest BCUT2D eigenvalue weighted by Gasteiger charge is 2.26. The number of hydrogen-bond acceptors (Lipinski definition) is 4. The lowest BCUT2D eigenvalue weighted by Gasteiger charge is -2.24. The van der Waals surface area contributed by atoms with Crippen LogP contribution in [0.5, 0.6) is 0 Å². The Morgan fingerprint density at radius 3 is 2.50 bits per heavy atom. The van der Waals surface area contributed by atoms with E-state index in [9.17, 15) is 9.59 Å². The maximum Gasteiger partial charge on any atom is 0.354 e. The average Bonchev–Trinajstić information content (AvgIpc) is 2.29. The number of aromatic nitrogens is 1. The largest absolute Gasteiger partial charge is 0.477 e. The van der Waals surface area contributed by atoms with Crippen molar-refractivity contribution >= 4 is 17.6 Å². The molecule has 3 N–H and O–H groups in total. The van der Waals surface area contributed by atoms with Crippen molar-refractivity contribution in [2.75, 3.05) is 11.9 Å². The van der Waals surface area contributed by atoms with E-state index < -0.39 is 11.5 Å². The van der Waals surface area contributed by atoms with Crippen LogP contribution in [0.15, 0.2) is 18.3 Å². The third-order valence-electron chi connectivity index (χ3n) is 2.43. The Hall–Kier alpha value is -1.95. The van der Waals surface area contributed by atoms with Gasteiger partial charge in [0.1, 0.15) is 5.69 Å². The summed E-state index contributed by atoms with van der Waals surface area (Å²) in [4.78, 5) is 26.3. The van der Waals surface area contributed by atoms with Crippen LogP contribution in [0.2, 0.25) is 0 Å². The van der Waals surface area contributed by atoms with Crippen LogP contribution in [0.4, 0.5) is 5.69 Å². The van der Waals surface area contributed by atoms with Crippen molar-refractivity contribution in [1.82, 2.24) is 10.3 Å². The second kappa shape index (κ2) is 5.59. The fraction of sp³-hybridized carbons (Fsp3) is 0.417. The number of anilines is 1. The van der Waals surface area contributed by atoms with Gasteiger partial charge >= 0.3 is 5.97 Å². The molecule has 0 aliphatic carbocycles. The first-order valence-electron chi connectivity index (χ1n) is 5.62. The van der Waals surface area contributed by atoms with Gasteiger partial charge in [-0.05, 0) is 32.5 Å². The molecule has 0 atom stereocenters. The Morgan fingerprint density at radius 1 is 1.39 bits per heavy atom. The van der Waals surface area contributed by atoms with E-state index in [0.29, 0.717) is 12.2 Å². The van der Waals surface area contributed by atoms with E-state index in [4.69, 9.17) is 5.11 Å². The summed E-state index contributed by atoms with van der Waals surface area (Å²) in [5.74, 6) is -1.30. The molecule has 0 aliphatic rings. The lowest BCUT2D eigenvalue weighted by Crippen LogP contribution is -2.49. The molecule has 0 saturated carbocycles. The fourth-order valence-electron chi connectivity index (χ4n) is 1.40. The van der Waals surface area contributed by atoms with E-state index >= 15 is 0 Å². The van der Waals surface area contributed by atoms with Crippen LogP contribution in [0.3, 0.4) is 0 Å². The zero-order valence-electron chi connectivity index (χ0n) is 10.7. The van der Waals surface area contributed by atoms with Gasteiger partial charge in [-0.2, -0.15) is 0 Å². The van der Waals surface area contributed by atoms with Crippen molar-refractivity contribution in [2.24, 2.45) is 0 Å². The maximum atomic E-state index is 11.9. The Morgan fingerprint density at radius 2 is 2.06 bits per heavy atom. The Kier molecular flexibility index (Phi) is 4.38. The summed E-state index contributed by atoms with van der Waals surface area (Å²) in [7, 11) is 0. The topological polar surface area (TPSA) is 91.3 Å². The first kappa shape index (κ1) is 14.1. The van der Waals surface area contributed by atoms with Gasteiger partial charge in [-0.3, -0.25) is 4.79 Å². The van der Waals surface area contributed by atoms with Crippen LogP contribution in [0.1, 0.15) is 31.3 Å². The van der Waals surface area contributed by atoms with Crippen molar-refractivity contribution in [2.45, 2.75) is 26.3 Å². The molecule has 18 heavy (non-hydrogen) atoms.